The number of benzene rings is 1. The van der Waals surface area contributed by atoms with Crippen LogP contribution in [0, 0.1) is 17.0 Å². The highest BCUT2D eigenvalue weighted by Crippen LogP contribution is 2.31. The van der Waals surface area contributed by atoms with Crippen molar-refractivity contribution in [1.82, 2.24) is 15.2 Å². The zero-order chi connectivity index (χ0) is 18.8. The second-order valence-corrected chi connectivity index (χ2v) is 4.95. The van der Waals surface area contributed by atoms with Crippen LogP contribution in [0.2, 0.25) is 0 Å². The van der Waals surface area contributed by atoms with E-state index >= 15 is 0 Å². The quantitative estimate of drug-likeness (QED) is 0.517. The Labute approximate surface area is 139 Å². The predicted octanol–water partition coefficient (Wildman–Crippen LogP) is 2.42. The summed E-state index contributed by atoms with van der Waals surface area (Å²) in [7, 11) is 1.33. The van der Waals surface area contributed by atoms with Gasteiger partial charge in [0.1, 0.15) is 5.69 Å². The zero-order valence-corrected chi connectivity index (χ0v) is 13.0. The lowest BCUT2D eigenvalue weighted by Gasteiger charge is -2.09. The minimum atomic E-state index is -4.58. The normalized spacial score (nSPS) is 11.7. The van der Waals surface area contributed by atoms with Gasteiger partial charge in [0.15, 0.2) is 0 Å². The second kappa shape index (κ2) is 6.71. The molecule has 0 saturated carbocycles. The van der Waals surface area contributed by atoms with Gasteiger partial charge in [0.25, 0.3) is 5.91 Å². The average molecular weight is 355 g/mol. The summed E-state index contributed by atoms with van der Waals surface area (Å²) in [6.07, 6.45) is -3.76. The van der Waals surface area contributed by atoms with Gasteiger partial charge in [0.05, 0.1) is 16.7 Å². The minimum absolute atomic E-state index is 0.0315. The number of amides is 1. The molecule has 2 aromatic rings. The van der Waals surface area contributed by atoms with Gasteiger partial charge in [0, 0.05) is 12.6 Å². The maximum atomic E-state index is 12.9. The molecule has 0 spiro atoms. The number of hydrazone groups is 1. The predicted molar refractivity (Wildman–Crippen MR) is 81.1 cm³/mol. The van der Waals surface area contributed by atoms with Crippen molar-refractivity contribution in [3.63, 3.8) is 0 Å². The van der Waals surface area contributed by atoms with Crippen molar-refractivity contribution in [3.8, 4) is 0 Å². The lowest BCUT2D eigenvalue weighted by atomic mass is 10.1. The average Bonchev–Trinajstić information content (AvgIpc) is 2.81. The van der Waals surface area contributed by atoms with E-state index in [0.717, 1.165) is 17.0 Å². The lowest BCUT2D eigenvalue weighted by molar-refractivity contribution is -0.385. The molecule has 1 amide bonds. The molecule has 11 heteroatoms. The fraction of sp³-hybridized carbons (Fsp3) is 0.214. The van der Waals surface area contributed by atoms with Gasteiger partial charge in [-0.15, -0.1) is 0 Å². The van der Waals surface area contributed by atoms with Gasteiger partial charge in [-0.2, -0.15) is 23.4 Å². The Balaban J connectivity index is 2.25. The van der Waals surface area contributed by atoms with Gasteiger partial charge in [-0.05, 0) is 13.0 Å². The molecule has 0 aliphatic carbocycles. The molecule has 0 bridgehead atoms. The Morgan fingerprint density at radius 2 is 2.04 bits per heavy atom. The maximum absolute atomic E-state index is 12.9. The Morgan fingerprint density at radius 3 is 2.64 bits per heavy atom. The summed E-state index contributed by atoms with van der Waals surface area (Å²) in [5, 5.41) is 18.3. The van der Waals surface area contributed by atoms with Crippen molar-refractivity contribution in [2.45, 2.75) is 13.1 Å². The van der Waals surface area contributed by atoms with Crippen LogP contribution in [0.25, 0.3) is 0 Å². The van der Waals surface area contributed by atoms with Crippen LogP contribution in [0.1, 0.15) is 27.3 Å². The Kier molecular flexibility index (Phi) is 4.86. The topological polar surface area (TPSA) is 102 Å². The van der Waals surface area contributed by atoms with E-state index in [9.17, 15) is 28.1 Å². The monoisotopic (exact) mass is 355 g/mol. The van der Waals surface area contributed by atoms with Crippen LogP contribution >= 0.6 is 0 Å². The van der Waals surface area contributed by atoms with E-state index in [1.54, 1.807) is 0 Å². The molecule has 0 unspecified atom stereocenters. The van der Waals surface area contributed by atoms with Crippen LogP contribution in [0.4, 0.5) is 18.9 Å². The van der Waals surface area contributed by atoms with Crippen molar-refractivity contribution in [1.29, 1.82) is 0 Å². The smallest absolute Gasteiger partial charge is 0.265 e. The molecule has 0 aliphatic heterocycles. The largest absolute Gasteiger partial charge is 0.417 e. The highest BCUT2D eigenvalue weighted by atomic mass is 19.4. The molecule has 8 nitrogen and oxygen atoms in total. The molecule has 25 heavy (non-hydrogen) atoms. The number of halogens is 3. The zero-order valence-electron chi connectivity index (χ0n) is 13.0. The highest BCUT2D eigenvalue weighted by molar-refractivity contribution is 5.97. The number of aromatic nitrogens is 2. The molecule has 1 N–H and O–H groups in total. The lowest BCUT2D eigenvalue weighted by Crippen LogP contribution is -2.22. The van der Waals surface area contributed by atoms with Gasteiger partial charge in [-0.25, -0.2) is 5.43 Å². The summed E-state index contributed by atoms with van der Waals surface area (Å²) in [4.78, 5) is 22.3. The first-order valence-electron chi connectivity index (χ1n) is 6.80. The standard InChI is InChI=1S/C14H12F3N5O3/c1-8-11(22(24)25)12(21(2)20-8)13(23)19-18-7-9-5-3-4-6-10(9)14(15,16)17/h3-7H,1-2H3,(H,19,23). The molecule has 1 aromatic carbocycles. The van der Waals surface area contributed by atoms with E-state index in [2.05, 4.69) is 10.2 Å². The van der Waals surface area contributed by atoms with Crippen molar-refractivity contribution >= 4 is 17.8 Å². The number of nitrogens with one attached hydrogen (secondary N) is 1. The first kappa shape index (κ1) is 18.1. The van der Waals surface area contributed by atoms with E-state index in [4.69, 9.17) is 0 Å². The van der Waals surface area contributed by atoms with Gasteiger partial charge < -0.3 is 0 Å². The summed E-state index contributed by atoms with van der Waals surface area (Å²) >= 11 is 0. The van der Waals surface area contributed by atoms with Gasteiger partial charge >= 0.3 is 11.9 Å². The van der Waals surface area contributed by atoms with Crippen molar-refractivity contribution < 1.29 is 22.9 Å². The van der Waals surface area contributed by atoms with Crippen molar-refractivity contribution in [3.05, 3.63) is 56.9 Å². The Bertz CT molecular complexity index is 858. The van der Waals surface area contributed by atoms with Gasteiger partial charge in [-0.3, -0.25) is 19.6 Å². The summed E-state index contributed by atoms with van der Waals surface area (Å²) in [5.74, 6) is -0.962. The molecule has 0 radical (unpaired) electrons. The van der Waals surface area contributed by atoms with Gasteiger partial charge in [0.2, 0.25) is 5.69 Å². The number of nitrogens with zero attached hydrogens (tertiary/aromatic N) is 4. The van der Waals surface area contributed by atoms with Crippen LogP contribution < -0.4 is 5.43 Å². The molecule has 1 aromatic heterocycles. The van der Waals surface area contributed by atoms with Crippen LogP contribution in [-0.4, -0.2) is 26.8 Å². The van der Waals surface area contributed by atoms with Crippen LogP contribution in [-0.2, 0) is 13.2 Å². The Morgan fingerprint density at radius 1 is 1.40 bits per heavy atom. The molecule has 1 heterocycles. The number of rotatable bonds is 4. The summed E-state index contributed by atoms with van der Waals surface area (Å²) in [5.41, 5.74) is -0.0265. The third kappa shape index (κ3) is 3.82. The number of nitro groups is 1. The van der Waals surface area contributed by atoms with Crippen LogP contribution in [0.3, 0.4) is 0 Å². The first-order valence-corrected chi connectivity index (χ1v) is 6.80. The fourth-order valence-electron chi connectivity index (χ4n) is 2.20. The minimum Gasteiger partial charge on any atom is -0.265 e. The molecular weight excluding hydrogens is 343 g/mol. The highest BCUT2D eigenvalue weighted by Gasteiger charge is 2.32. The SMILES string of the molecule is Cc1nn(C)c(C(=O)NN=Cc2ccccc2C(F)(F)F)c1[N+](=O)[O-]. The number of carbonyl (C=O) groups excluding carboxylic acids is 1. The molecule has 0 fully saturated rings. The summed E-state index contributed by atoms with van der Waals surface area (Å²) < 4.78 is 39.6. The third-order valence-corrected chi connectivity index (χ3v) is 3.22. The first-order chi connectivity index (χ1) is 11.6. The van der Waals surface area contributed by atoms with E-state index < -0.39 is 28.3 Å². The van der Waals surface area contributed by atoms with Gasteiger partial charge in [-0.1, -0.05) is 18.2 Å². The molecule has 2 rings (SSSR count). The van der Waals surface area contributed by atoms with Crippen LogP contribution in [0.5, 0.6) is 0 Å². The summed E-state index contributed by atoms with van der Waals surface area (Å²) in [6.45, 7) is 1.36. The van der Waals surface area contributed by atoms with E-state index in [1.807, 2.05) is 5.43 Å². The molecule has 0 aliphatic rings. The Hall–Kier alpha value is -3.24. The molecule has 132 valence electrons. The number of carbonyl (C=O) groups is 1. The third-order valence-electron chi connectivity index (χ3n) is 3.22. The van der Waals surface area contributed by atoms with Crippen molar-refractivity contribution in [2.75, 3.05) is 0 Å². The van der Waals surface area contributed by atoms with E-state index in [-0.39, 0.29) is 17.0 Å². The second-order valence-electron chi connectivity index (χ2n) is 4.95. The fourth-order valence-corrected chi connectivity index (χ4v) is 2.20. The van der Waals surface area contributed by atoms with Crippen LogP contribution in [0.15, 0.2) is 29.4 Å². The maximum Gasteiger partial charge on any atom is 0.417 e. The van der Waals surface area contributed by atoms with E-state index in [0.29, 0.717) is 0 Å². The number of hydrogen-bond donors (Lipinski definition) is 1. The van der Waals surface area contributed by atoms with E-state index in [1.165, 1.54) is 32.2 Å². The summed E-state index contributed by atoms with van der Waals surface area (Å²) in [6, 6.07) is 4.65. The number of hydrogen-bond acceptors (Lipinski definition) is 5. The molecule has 0 saturated heterocycles. The molecule has 0 atom stereocenters. The molecular formula is C14H12F3N5O3. The van der Waals surface area contributed by atoms with Crippen molar-refractivity contribution in [2.24, 2.45) is 12.1 Å². The number of aryl methyl sites for hydroxylation is 2. The number of alkyl halides is 3.